The van der Waals surface area contributed by atoms with Crippen molar-refractivity contribution < 1.29 is 9.18 Å². The number of H-pyrrole nitrogens is 1. The van der Waals surface area contributed by atoms with Gasteiger partial charge in [0.15, 0.2) is 0 Å². The Bertz CT molecular complexity index is 610. The van der Waals surface area contributed by atoms with Crippen LogP contribution in [-0.2, 0) is 0 Å². The van der Waals surface area contributed by atoms with Gasteiger partial charge in [0.1, 0.15) is 5.82 Å². The summed E-state index contributed by atoms with van der Waals surface area (Å²) in [6.45, 7) is 8.19. The normalized spacial score (nSPS) is 13.5. The maximum atomic E-state index is 13.1. The van der Waals surface area contributed by atoms with E-state index in [2.05, 4.69) is 31.1 Å². The standard InChI is InChI=1S/C15H19FN2O/c1-9(15(2,3)4)18-14(19)12-8-17-13-7-10(16)5-6-11(12)13/h5-9,17H,1-4H3,(H,18,19)/t9-/m0/s1. The van der Waals surface area contributed by atoms with Crippen LogP contribution in [0.15, 0.2) is 24.4 Å². The molecule has 1 aromatic carbocycles. The van der Waals surface area contributed by atoms with Crippen molar-refractivity contribution in [2.45, 2.75) is 33.7 Å². The second kappa shape index (κ2) is 4.68. The number of aromatic amines is 1. The molecular formula is C15H19FN2O. The lowest BCUT2D eigenvalue weighted by molar-refractivity contribution is 0.0912. The largest absolute Gasteiger partial charge is 0.360 e. The molecule has 1 heterocycles. The molecule has 1 atom stereocenters. The lowest BCUT2D eigenvalue weighted by Crippen LogP contribution is -2.41. The van der Waals surface area contributed by atoms with Crippen LogP contribution >= 0.6 is 0 Å². The molecule has 0 fully saturated rings. The minimum Gasteiger partial charge on any atom is -0.360 e. The van der Waals surface area contributed by atoms with Crippen molar-refractivity contribution in [2.75, 3.05) is 0 Å². The van der Waals surface area contributed by atoms with Gasteiger partial charge in [0.25, 0.3) is 5.91 Å². The van der Waals surface area contributed by atoms with Crippen molar-refractivity contribution in [1.82, 2.24) is 10.3 Å². The van der Waals surface area contributed by atoms with Crippen molar-refractivity contribution in [3.05, 3.63) is 35.8 Å². The highest BCUT2D eigenvalue weighted by Crippen LogP contribution is 2.22. The molecule has 0 spiro atoms. The molecule has 1 aromatic heterocycles. The predicted molar refractivity (Wildman–Crippen MR) is 74.6 cm³/mol. The SMILES string of the molecule is C[C@H](NC(=O)c1c[nH]c2cc(F)ccc12)C(C)(C)C. The Morgan fingerprint density at radius 1 is 1.37 bits per heavy atom. The molecule has 0 bridgehead atoms. The van der Waals surface area contributed by atoms with E-state index in [9.17, 15) is 9.18 Å². The summed E-state index contributed by atoms with van der Waals surface area (Å²) in [6.07, 6.45) is 1.62. The van der Waals surface area contributed by atoms with Gasteiger partial charge < -0.3 is 10.3 Å². The van der Waals surface area contributed by atoms with E-state index in [1.54, 1.807) is 12.3 Å². The number of nitrogens with one attached hydrogen (secondary N) is 2. The summed E-state index contributed by atoms with van der Waals surface area (Å²) in [4.78, 5) is 15.2. The molecule has 19 heavy (non-hydrogen) atoms. The quantitative estimate of drug-likeness (QED) is 0.855. The topological polar surface area (TPSA) is 44.9 Å². The van der Waals surface area contributed by atoms with Crippen LogP contribution in [-0.4, -0.2) is 16.9 Å². The van der Waals surface area contributed by atoms with Gasteiger partial charge >= 0.3 is 0 Å². The van der Waals surface area contributed by atoms with Gasteiger partial charge in [-0.15, -0.1) is 0 Å². The average Bonchev–Trinajstić information content (AvgIpc) is 2.70. The number of carbonyl (C=O) groups is 1. The Balaban J connectivity index is 2.27. The van der Waals surface area contributed by atoms with E-state index in [1.807, 2.05) is 6.92 Å². The fourth-order valence-electron chi connectivity index (χ4n) is 1.78. The van der Waals surface area contributed by atoms with Crippen molar-refractivity contribution in [3.63, 3.8) is 0 Å². The molecule has 0 unspecified atom stereocenters. The van der Waals surface area contributed by atoms with E-state index < -0.39 is 0 Å². The first-order valence-corrected chi connectivity index (χ1v) is 6.36. The minimum atomic E-state index is -0.315. The van der Waals surface area contributed by atoms with Gasteiger partial charge in [-0.1, -0.05) is 20.8 Å². The maximum absolute atomic E-state index is 13.1. The molecule has 4 heteroatoms. The third-order valence-corrected chi connectivity index (χ3v) is 3.54. The van der Waals surface area contributed by atoms with Gasteiger partial charge in [0.05, 0.1) is 5.56 Å². The summed E-state index contributed by atoms with van der Waals surface area (Å²) in [5.41, 5.74) is 1.17. The molecule has 2 N–H and O–H groups in total. The highest BCUT2D eigenvalue weighted by atomic mass is 19.1. The number of rotatable bonds is 2. The van der Waals surface area contributed by atoms with Crippen LogP contribution in [0.3, 0.4) is 0 Å². The molecule has 0 saturated heterocycles. The van der Waals surface area contributed by atoms with Crippen molar-refractivity contribution >= 4 is 16.8 Å². The third kappa shape index (κ3) is 2.78. The fraction of sp³-hybridized carbons (Fsp3) is 0.400. The Hall–Kier alpha value is -1.84. The molecule has 2 rings (SSSR count). The van der Waals surface area contributed by atoms with Crippen LogP contribution in [0.2, 0.25) is 0 Å². The smallest absolute Gasteiger partial charge is 0.253 e. The molecule has 0 saturated carbocycles. The van der Waals surface area contributed by atoms with Gasteiger partial charge in [-0.2, -0.15) is 0 Å². The number of fused-ring (bicyclic) bond motifs is 1. The number of hydrogen-bond acceptors (Lipinski definition) is 1. The van der Waals surface area contributed by atoms with Gasteiger partial charge in [-0.05, 0) is 30.5 Å². The summed E-state index contributed by atoms with van der Waals surface area (Å²) in [5, 5.41) is 3.71. The molecule has 102 valence electrons. The first-order chi connectivity index (χ1) is 8.79. The van der Waals surface area contributed by atoms with Crippen LogP contribution in [0.5, 0.6) is 0 Å². The van der Waals surface area contributed by atoms with Crippen molar-refractivity contribution in [2.24, 2.45) is 5.41 Å². The molecule has 0 aliphatic rings. The first-order valence-electron chi connectivity index (χ1n) is 6.36. The summed E-state index contributed by atoms with van der Waals surface area (Å²) in [6, 6.07) is 4.42. The number of amides is 1. The Labute approximate surface area is 112 Å². The summed E-state index contributed by atoms with van der Waals surface area (Å²) >= 11 is 0. The highest BCUT2D eigenvalue weighted by Gasteiger charge is 2.23. The van der Waals surface area contributed by atoms with E-state index in [4.69, 9.17) is 0 Å². The molecule has 3 nitrogen and oxygen atoms in total. The monoisotopic (exact) mass is 262 g/mol. The van der Waals surface area contributed by atoms with E-state index >= 15 is 0 Å². The van der Waals surface area contributed by atoms with E-state index in [0.717, 1.165) is 5.39 Å². The van der Waals surface area contributed by atoms with Gasteiger partial charge in [0.2, 0.25) is 0 Å². The number of benzene rings is 1. The van der Waals surface area contributed by atoms with E-state index in [0.29, 0.717) is 11.1 Å². The number of hydrogen-bond donors (Lipinski definition) is 2. The van der Waals surface area contributed by atoms with Crippen LogP contribution in [0.25, 0.3) is 10.9 Å². The fourth-order valence-corrected chi connectivity index (χ4v) is 1.78. The molecule has 1 amide bonds. The zero-order valence-corrected chi connectivity index (χ0v) is 11.7. The van der Waals surface area contributed by atoms with Crippen LogP contribution in [0, 0.1) is 11.2 Å². The van der Waals surface area contributed by atoms with Gasteiger partial charge in [0, 0.05) is 23.1 Å². The zero-order chi connectivity index (χ0) is 14.2. The van der Waals surface area contributed by atoms with Gasteiger partial charge in [-0.25, -0.2) is 4.39 Å². The highest BCUT2D eigenvalue weighted by molar-refractivity contribution is 6.06. The van der Waals surface area contributed by atoms with E-state index in [-0.39, 0.29) is 23.2 Å². The summed E-state index contributed by atoms with van der Waals surface area (Å²) in [5.74, 6) is -0.454. The predicted octanol–water partition coefficient (Wildman–Crippen LogP) is 3.47. The summed E-state index contributed by atoms with van der Waals surface area (Å²) in [7, 11) is 0. The maximum Gasteiger partial charge on any atom is 0.253 e. The second-order valence-corrected chi connectivity index (χ2v) is 5.95. The molecule has 2 aromatic rings. The van der Waals surface area contributed by atoms with Gasteiger partial charge in [-0.3, -0.25) is 4.79 Å². The molecular weight excluding hydrogens is 243 g/mol. The van der Waals surface area contributed by atoms with Crippen LogP contribution in [0.4, 0.5) is 4.39 Å². The minimum absolute atomic E-state index is 0.00607. The molecule has 0 radical (unpaired) electrons. The number of carbonyl (C=O) groups excluding carboxylic acids is 1. The average molecular weight is 262 g/mol. The van der Waals surface area contributed by atoms with Crippen LogP contribution in [0.1, 0.15) is 38.1 Å². The van der Waals surface area contributed by atoms with Crippen molar-refractivity contribution in [3.8, 4) is 0 Å². The zero-order valence-electron chi connectivity index (χ0n) is 11.7. The molecule has 0 aliphatic carbocycles. The Kier molecular flexibility index (Phi) is 3.35. The van der Waals surface area contributed by atoms with E-state index in [1.165, 1.54) is 12.1 Å². The van der Waals surface area contributed by atoms with Crippen molar-refractivity contribution in [1.29, 1.82) is 0 Å². The number of aromatic nitrogens is 1. The molecule has 0 aliphatic heterocycles. The van der Waals surface area contributed by atoms with Crippen LogP contribution < -0.4 is 5.32 Å². The second-order valence-electron chi connectivity index (χ2n) is 5.95. The lowest BCUT2D eigenvalue weighted by Gasteiger charge is -2.27. The Morgan fingerprint density at radius 3 is 2.68 bits per heavy atom. The Morgan fingerprint density at radius 2 is 2.05 bits per heavy atom. The number of halogens is 1. The lowest BCUT2D eigenvalue weighted by atomic mass is 9.88. The third-order valence-electron chi connectivity index (χ3n) is 3.54. The summed E-state index contributed by atoms with van der Waals surface area (Å²) < 4.78 is 13.1. The first kappa shape index (κ1) is 13.6.